The number of nitrogens with one attached hydrogen (secondary N) is 1. The van der Waals surface area contributed by atoms with Gasteiger partial charge in [-0.25, -0.2) is 0 Å². The highest BCUT2D eigenvalue weighted by atomic mass is 79.9. The zero-order valence-corrected chi connectivity index (χ0v) is 11.3. The quantitative estimate of drug-likeness (QED) is 0.781. The molecule has 0 bridgehead atoms. The Hall–Kier alpha value is -2.14. The molecule has 0 aliphatic heterocycles. The third-order valence-electron chi connectivity index (χ3n) is 2.59. The van der Waals surface area contributed by atoms with E-state index in [4.69, 9.17) is 4.42 Å². The summed E-state index contributed by atoms with van der Waals surface area (Å²) in [4.78, 5) is 16.2. The van der Waals surface area contributed by atoms with E-state index in [1.807, 2.05) is 24.3 Å². The summed E-state index contributed by atoms with van der Waals surface area (Å²) < 4.78 is 6.35. The van der Waals surface area contributed by atoms with Crippen LogP contribution in [0.15, 0.2) is 57.6 Å². The van der Waals surface area contributed by atoms with Crippen LogP contribution in [-0.4, -0.2) is 10.9 Å². The maximum Gasteiger partial charge on any atom is 0.291 e. The van der Waals surface area contributed by atoms with Gasteiger partial charge in [0.2, 0.25) is 0 Å². The van der Waals surface area contributed by atoms with Crippen molar-refractivity contribution in [2.24, 2.45) is 0 Å². The number of nitrogens with zero attached hydrogens (tertiary/aromatic N) is 1. The summed E-state index contributed by atoms with van der Waals surface area (Å²) in [5.41, 5.74) is 1.97. The van der Waals surface area contributed by atoms with Crippen LogP contribution in [0.1, 0.15) is 10.6 Å². The highest BCUT2D eigenvalue weighted by Crippen LogP contribution is 2.19. The van der Waals surface area contributed by atoms with Gasteiger partial charge >= 0.3 is 0 Å². The highest BCUT2D eigenvalue weighted by Gasteiger charge is 2.12. The van der Waals surface area contributed by atoms with Crippen LogP contribution in [-0.2, 0) is 0 Å². The molecule has 0 aliphatic rings. The lowest BCUT2D eigenvalue weighted by Crippen LogP contribution is -2.10. The Kier molecular flexibility index (Phi) is 3.05. The minimum atomic E-state index is -0.295. The first kappa shape index (κ1) is 11.9. The van der Waals surface area contributed by atoms with E-state index in [-0.39, 0.29) is 11.7 Å². The maximum atomic E-state index is 12.0. The van der Waals surface area contributed by atoms with Crippen molar-refractivity contribution in [2.45, 2.75) is 0 Å². The molecule has 94 valence electrons. The number of carbonyl (C=O) groups is 1. The van der Waals surface area contributed by atoms with Gasteiger partial charge in [0.05, 0.1) is 0 Å². The second-order valence-electron chi connectivity index (χ2n) is 3.96. The number of rotatable bonds is 2. The third-order valence-corrected chi connectivity index (χ3v) is 3.09. The van der Waals surface area contributed by atoms with Crippen LogP contribution in [0.5, 0.6) is 0 Å². The van der Waals surface area contributed by atoms with Gasteiger partial charge in [-0.15, -0.1) is 0 Å². The Labute approximate surface area is 117 Å². The number of furan rings is 1. The summed E-state index contributed by atoms with van der Waals surface area (Å²) >= 11 is 3.35. The number of carbonyl (C=O) groups excluding carboxylic acids is 1. The van der Waals surface area contributed by atoms with Crippen molar-refractivity contribution < 1.29 is 9.21 Å². The van der Waals surface area contributed by atoms with E-state index in [0.717, 1.165) is 4.47 Å². The summed E-state index contributed by atoms with van der Waals surface area (Å²) in [5, 5.41) is 2.77. The molecular formula is C14H9BrN2O2. The molecule has 19 heavy (non-hydrogen) atoms. The number of halogens is 1. The first-order chi connectivity index (χ1) is 9.22. The Morgan fingerprint density at radius 3 is 2.89 bits per heavy atom. The molecule has 0 spiro atoms. The first-order valence-corrected chi connectivity index (χ1v) is 6.43. The van der Waals surface area contributed by atoms with Crippen molar-refractivity contribution in [3.8, 4) is 0 Å². The van der Waals surface area contributed by atoms with E-state index >= 15 is 0 Å². The van der Waals surface area contributed by atoms with E-state index in [9.17, 15) is 4.79 Å². The summed E-state index contributed by atoms with van der Waals surface area (Å²) in [6.07, 6.45) is 1.66. The average Bonchev–Trinajstić information content (AvgIpc) is 2.82. The molecule has 0 unspecified atom stereocenters. The summed E-state index contributed by atoms with van der Waals surface area (Å²) in [6, 6.07) is 12.5. The summed E-state index contributed by atoms with van der Waals surface area (Å²) in [6.45, 7) is 0. The number of hydrogen-bond donors (Lipinski definition) is 1. The van der Waals surface area contributed by atoms with Crippen molar-refractivity contribution in [3.05, 3.63) is 58.9 Å². The number of fused-ring (bicyclic) bond motifs is 1. The molecule has 0 radical (unpaired) electrons. The van der Waals surface area contributed by atoms with Crippen molar-refractivity contribution >= 4 is 38.6 Å². The third kappa shape index (κ3) is 2.51. The molecule has 0 saturated heterocycles. The fourth-order valence-corrected chi connectivity index (χ4v) is 2.14. The van der Waals surface area contributed by atoms with Crippen LogP contribution < -0.4 is 5.32 Å². The molecular weight excluding hydrogens is 308 g/mol. The minimum Gasteiger partial charge on any atom is -0.449 e. The fraction of sp³-hybridized carbons (Fsp3) is 0. The van der Waals surface area contributed by atoms with Gasteiger partial charge in [0.1, 0.15) is 5.52 Å². The van der Waals surface area contributed by atoms with Crippen LogP contribution in [0.4, 0.5) is 5.69 Å². The van der Waals surface area contributed by atoms with Crippen molar-refractivity contribution in [2.75, 3.05) is 5.32 Å². The molecule has 0 fully saturated rings. The number of aromatic nitrogens is 1. The van der Waals surface area contributed by atoms with E-state index < -0.39 is 0 Å². The molecule has 2 heterocycles. The molecule has 3 rings (SSSR count). The van der Waals surface area contributed by atoms with Gasteiger partial charge in [0, 0.05) is 22.4 Å². The molecule has 3 aromatic rings. The van der Waals surface area contributed by atoms with Crippen LogP contribution in [0, 0.1) is 0 Å². The van der Waals surface area contributed by atoms with E-state index in [2.05, 4.69) is 26.2 Å². The predicted molar refractivity (Wildman–Crippen MR) is 76.1 cm³/mol. The molecule has 2 aromatic heterocycles. The fourth-order valence-electron chi connectivity index (χ4n) is 1.74. The number of anilines is 1. The van der Waals surface area contributed by atoms with E-state index in [1.54, 1.807) is 24.4 Å². The second-order valence-corrected chi connectivity index (χ2v) is 4.88. The molecule has 0 saturated carbocycles. The van der Waals surface area contributed by atoms with Crippen molar-refractivity contribution in [1.82, 2.24) is 4.98 Å². The Morgan fingerprint density at radius 1 is 1.21 bits per heavy atom. The van der Waals surface area contributed by atoms with Gasteiger partial charge in [0.25, 0.3) is 5.91 Å². The van der Waals surface area contributed by atoms with Crippen LogP contribution in [0.2, 0.25) is 0 Å². The smallest absolute Gasteiger partial charge is 0.291 e. The van der Waals surface area contributed by atoms with Gasteiger partial charge in [-0.05, 0) is 30.3 Å². The topological polar surface area (TPSA) is 55.1 Å². The van der Waals surface area contributed by atoms with E-state index in [0.29, 0.717) is 16.8 Å². The van der Waals surface area contributed by atoms with Gasteiger partial charge in [0.15, 0.2) is 11.3 Å². The van der Waals surface area contributed by atoms with Gasteiger partial charge in [-0.2, -0.15) is 0 Å². The molecule has 1 N–H and O–H groups in total. The monoisotopic (exact) mass is 316 g/mol. The minimum absolute atomic E-state index is 0.244. The summed E-state index contributed by atoms with van der Waals surface area (Å²) in [7, 11) is 0. The van der Waals surface area contributed by atoms with Gasteiger partial charge in [-0.1, -0.05) is 22.0 Å². The Bertz CT molecular complexity index is 719. The zero-order chi connectivity index (χ0) is 13.2. The maximum absolute atomic E-state index is 12.0. The van der Waals surface area contributed by atoms with Crippen LogP contribution in [0.25, 0.3) is 11.1 Å². The number of pyridine rings is 1. The SMILES string of the molecule is O=C(Nc1cccc(Br)c1)c1cc2ncccc2o1. The Morgan fingerprint density at radius 2 is 2.11 bits per heavy atom. The molecule has 1 aromatic carbocycles. The molecule has 0 aliphatic carbocycles. The molecule has 5 heteroatoms. The number of hydrogen-bond acceptors (Lipinski definition) is 3. The lowest BCUT2D eigenvalue weighted by Gasteiger charge is -2.02. The molecule has 1 amide bonds. The van der Waals surface area contributed by atoms with Gasteiger partial charge in [-0.3, -0.25) is 9.78 Å². The van der Waals surface area contributed by atoms with Crippen molar-refractivity contribution in [3.63, 3.8) is 0 Å². The standard InChI is InChI=1S/C14H9BrN2O2/c15-9-3-1-4-10(7-9)17-14(18)13-8-11-12(19-13)5-2-6-16-11/h1-8H,(H,17,18). The lowest BCUT2D eigenvalue weighted by molar-refractivity contribution is 0.0998. The number of amides is 1. The largest absolute Gasteiger partial charge is 0.449 e. The van der Waals surface area contributed by atoms with E-state index in [1.165, 1.54) is 0 Å². The molecule has 4 nitrogen and oxygen atoms in total. The summed E-state index contributed by atoms with van der Waals surface area (Å²) in [5.74, 6) is -0.0511. The van der Waals surface area contributed by atoms with Crippen LogP contribution >= 0.6 is 15.9 Å². The average molecular weight is 317 g/mol. The second kappa shape index (κ2) is 4.85. The van der Waals surface area contributed by atoms with Crippen LogP contribution in [0.3, 0.4) is 0 Å². The Balaban J connectivity index is 1.87. The first-order valence-electron chi connectivity index (χ1n) is 5.64. The van der Waals surface area contributed by atoms with Gasteiger partial charge < -0.3 is 9.73 Å². The normalized spacial score (nSPS) is 10.6. The van der Waals surface area contributed by atoms with Crippen molar-refractivity contribution in [1.29, 1.82) is 0 Å². The zero-order valence-electron chi connectivity index (χ0n) is 9.76. The highest BCUT2D eigenvalue weighted by molar-refractivity contribution is 9.10. The number of benzene rings is 1. The molecule has 0 atom stereocenters. The predicted octanol–water partition coefficient (Wildman–Crippen LogP) is 3.84. The lowest BCUT2D eigenvalue weighted by atomic mass is 10.3.